The van der Waals surface area contributed by atoms with Gasteiger partial charge in [-0.1, -0.05) is 11.6 Å². The molecule has 3 rings (SSSR count). The van der Waals surface area contributed by atoms with Crippen LogP contribution >= 0.6 is 11.6 Å². The summed E-state index contributed by atoms with van der Waals surface area (Å²) < 4.78 is 21.3. The van der Waals surface area contributed by atoms with Crippen LogP contribution in [0.15, 0.2) is 40.8 Å². The van der Waals surface area contributed by atoms with Crippen LogP contribution < -0.4 is 14.8 Å². The van der Waals surface area contributed by atoms with Crippen molar-refractivity contribution >= 4 is 40.1 Å². The van der Waals surface area contributed by atoms with Gasteiger partial charge in [-0.2, -0.15) is 0 Å². The standard InChI is InChI=1S/C21H20ClNO6/c1-4-27-14-6-8-17-15(10-14)12(2)20(29-17)21(25)28-11-19(24)23-16-9-13(22)5-7-18(16)26-3/h5-10H,4,11H2,1-3H3,(H,23,24). The third kappa shape index (κ3) is 4.63. The molecule has 152 valence electrons. The van der Waals surface area contributed by atoms with Gasteiger partial charge in [0.2, 0.25) is 5.76 Å². The molecule has 0 unspecified atom stereocenters. The first kappa shape index (κ1) is 20.5. The Labute approximate surface area is 172 Å². The molecule has 7 nitrogen and oxygen atoms in total. The zero-order chi connectivity index (χ0) is 21.0. The van der Waals surface area contributed by atoms with E-state index >= 15 is 0 Å². The van der Waals surface area contributed by atoms with Crippen molar-refractivity contribution in [3.05, 3.63) is 52.7 Å². The first-order chi connectivity index (χ1) is 13.9. The highest BCUT2D eigenvalue weighted by Gasteiger charge is 2.21. The van der Waals surface area contributed by atoms with E-state index in [4.69, 9.17) is 30.2 Å². The van der Waals surface area contributed by atoms with Gasteiger partial charge in [0.05, 0.1) is 19.4 Å². The van der Waals surface area contributed by atoms with Crippen LogP contribution in [0, 0.1) is 6.92 Å². The van der Waals surface area contributed by atoms with Crippen molar-refractivity contribution in [3.63, 3.8) is 0 Å². The summed E-state index contributed by atoms with van der Waals surface area (Å²) in [4.78, 5) is 24.6. The first-order valence-corrected chi connectivity index (χ1v) is 9.27. The highest BCUT2D eigenvalue weighted by molar-refractivity contribution is 6.31. The van der Waals surface area contributed by atoms with Gasteiger partial charge in [-0.25, -0.2) is 4.79 Å². The fourth-order valence-electron chi connectivity index (χ4n) is 2.81. The number of ether oxygens (including phenoxy) is 3. The van der Waals surface area contributed by atoms with Crippen LogP contribution in [-0.2, 0) is 9.53 Å². The molecule has 1 N–H and O–H groups in total. The summed E-state index contributed by atoms with van der Waals surface area (Å²) in [6, 6.07) is 10.1. The lowest BCUT2D eigenvalue weighted by Crippen LogP contribution is -2.21. The maximum absolute atomic E-state index is 12.4. The number of rotatable bonds is 7. The molecular formula is C21H20ClNO6. The lowest BCUT2D eigenvalue weighted by atomic mass is 10.1. The highest BCUT2D eigenvalue weighted by atomic mass is 35.5. The maximum Gasteiger partial charge on any atom is 0.375 e. The first-order valence-electron chi connectivity index (χ1n) is 8.89. The van der Waals surface area contributed by atoms with Crippen LogP contribution in [0.1, 0.15) is 23.0 Å². The number of hydrogen-bond donors (Lipinski definition) is 1. The summed E-state index contributed by atoms with van der Waals surface area (Å²) in [7, 11) is 1.47. The Balaban J connectivity index is 1.68. The van der Waals surface area contributed by atoms with Crippen molar-refractivity contribution in [1.82, 2.24) is 0 Å². The summed E-state index contributed by atoms with van der Waals surface area (Å²) >= 11 is 5.94. The monoisotopic (exact) mass is 417 g/mol. The predicted molar refractivity (Wildman–Crippen MR) is 109 cm³/mol. The Morgan fingerprint density at radius 1 is 1.17 bits per heavy atom. The summed E-state index contributed by atoms with van der Waals surface area (Å²) in [5.74, 6) is -0.107. The molecule has 0 aliphatic heterocycles. The largest absolute Gasteiger partial charge is 0.495 e. The molecule has 0 atom stereocenters. The van der Waals surface area contributed by atoms with Crippen LogP contribution in [-0.4, -0.2) is 32.2 Å². The lowest BCUT2D eigenvalue weighted by Gasteiger charge is -2.10. The van der Waals surface area contributed by atoms with E-state index in [9.17, 15) is 9.59 Å². The number of benzene rings is 2. The number of aryl methyl sites for hydroxylation is 1. The van der Waals surface area contributed by atoms with Gasteiger partial charge in [-0.3, -0.25) is 4.79 Å². The third-order valence-corrected chi connectivity index (χ3v) is 4.41. The quantitative estimate of drug-likeness (QED) is 0.565. The fourth-order valence-corrected chi connectivity index (χ4v) is 2.98. The Bertz CT molecular complexity index is 1060. The van der Waals surface area contributed by atoms with E-state index in [2.05, 4.69) is 5.32 Å². The lowest BCUT2D eigenvalue weighted by molar-refractivity contribution is -0.119. The van der Waals surface area contributed by atoms with Crippen molar-refractivity contribution < 1.29 is 28.2 Å². The molecule has 0 aliphatic rings. The van der Waals surface area contributed by atoms with E-state index in [1.165, 1.54) is 7.11 Å². The molecule has 0 saturated carbocycles. The number of fused-ring (bicyclic) bond motifs is 1. The van der Waals surface area contributed by atoms with Gasteiger partial charge in [0, 0.05) is 16.0 Å². The van der Waals surface area contributed by atoms with E-state index in [-0.39, 0.29) is 5.76 Å². The number of hydrogen-bond acceptors (Lipinski definition) is 6. The molecule has 1 aromatic heterocycles. The maximum atomic E-state index is 12.4. The molecule has 0 fully saturated rings. The Kier molecular flexibility index (Phi) is 6.29. The Morgan fingerprint density at radius 2 is 1.97 bits per heavy atom. The van der Waals surface area contributed by atoms with Gasteiger partial charge in [0.25, 0.3) is 5.91 Å². The zero-order valence-corrected chi connectivity index (χ0v) is 17.0. The number of amides is 1. The van der Waals surface area contributed by atoms with Crippen LogP contribution in [0.25, 0.3) is 11.0 Å². The average Bonchev–Trinajstić information content (AvgIpc) is 3.03. The number of carbonyl (C=O) groups is 2. The molecule has 0 spiro atoms. The number of nitrogens with one attached hydrogen (secondary N) is 1. The van der Waals surface area contributed by atoms with Gasteiger partial charge in [-0.05, 0) is 50.2 Å². The highest BCUT2D eigenvalue weighted by Crippen LogP contribution is 2.30. The number of anilines is 1. The van der Waals surface area contributed by atoms with Crippen molar-refractivity contribution in [2.75, 3.05) is 25.6 Å². The van der Waals surface area contributed by atoms with E-state index in [1.54, 1.807) is 43.3 Å². The molecule has 0 bridgehead atoms. The van der Waals surface area contributed by atoms with Gasteiger partial charge < -0.3 is 23.9 Å². The number of furan rings is 1. The third-order valence-electron chi connectivity index (χ3n) is 4.17. The second-order valence-corrected chi connectivity index (χ2v) is 6.55. The van der Waals surface area contributed by atoms with Crippen LogP contribution in [0.5, 0.6) is 11.5 Å². The Morgan fingerprint density at radius 3 is 2.69 bits per heavy atom. The Hall–Kier alpha value is -3.19. The number of halogens is 1. The van der Waals surface area contributed by atoms with Gasteiger partial charge in [0.1, 0.15) is 17.1 Å². The minimum atomic E-state index is -0.732. The van der Waals surface area contributed by atoms with Crippen molar-refractivity contribution in [2.45, 2.75) is 13.8 Å². The van der Waals surface area contributed by atoms with Gasteiger partial charge in [0.15, 0.2) is 6.61 Å². The average molecular weight is 418 g/mol. The molecule has 29 heavy (non-hydrogen) atoms. The number of esters is 1. The van der Waals surface area contributed by atoms with Crippen LogP contribution in [0.2, 0.25) is 5.02 Å². The molecule has 0 saturated heterocycles. The molecule has 2 aromatic carbocycles. The van der Waals surface area contributed by atoms with E-state index < -0.39 is 18.5 Å². The van der Waals surface area contributed by atoms with E-state index in [1.807, 2.05) is 6.92 Å². The summed E-state index contributed by atoms with van der Waals surface area (Å²) in [5.41, 5.74) is 1.53. The van der Waals surface area contributed by atoms with E-state index in [0.29, 0.717) is 40.0 Å². The fraction of sp³-hybridized carbons (Fsp3) is 0.238. The molecule has 0 radical (unpaired) electrons. The summed E-state index contributed by atoms with van der Waals surface area (Å²) in [5, 5.41) is 3.78. The van der Waals surface area contributed by atoms with E-state index in [0.717, 1.165) is 5.39 Å². The number of methoxy groups -OCH3 is 1. The molecule has 3 aromatic rings. The van der Waals surface area contributed by atoms with Crippen molar-refractivity contribution in [3.8, 4) is 11.5 Å². The number of carbonyl (C=O) groups excluding carboxylic acids is 2. The van der Waals surface area contributed by atoms with Gasteiger partial charge in [-0.15, -0.1) is 0 Å². The summed E-state index contributed by atoms with van der Waals surface area (Å²) in [6.45, 7) is 3.67. The minimum absolute atomic E-state index is 0.0433. The molecule has 1 amide bonds. The molecule has 8 heteroatoms. The smallest absolute Gasteiger partial charge is 0.375 e. The second kappa shape index (κ2) is 8.87. The SMILES string of the molecule is CCOc1ccc2oc(C(=O)OCC(=O)Nc3cc(Cl)ccc3OC)c(C)c2c1. The van der Waals surface area contributed by atoms with Crippen LogP contribution in [0.3, 0.4) is 0 Å². The zero-order valence-electron chi connectivity index (χ0n) is 16.2. The van der Waals surface area contributed by atoms with Crippen molar-refractivity contribution in [2.24, 2.45) is 0 Å². The summed E-state index contributed by atoms with van der Waals surface area (Å²) in [6.07, 6.45) is 0. The normalized spacial score (nSPS) is 10.6. The minimum Gasteiger partial charge on any atom is -0.495 e. The predicted octanol–water partition coefficient (Wildman–Crippen LogP) is 4.60. The molecule has 0 aliphatic carbocycles. The van der Waals surface area contributed by atoms with Gasteiger partial charge >= 0.3 is 5.97 Å². The van der Waals surface area contributed by atoms with Crippen molar-refractivity contribution in [1.29, 1.82) is 0 Å². The second-order valence-electron chi connectivity index (χ2n) is 6.12. The van der Waals surface area contributed by atoms with Crippen LogP contribution in [0.4, 0.5) is 5.69 Å². The molecular weight excluding hydrogens is 398 g/mol. The molecule has 1 heterocycles. The topological polar surface area (TPSA) is 87.0 Å².